The zero-order valence-corrected chi connectivity index (χ0v) is 30.8. The molecular weight excluding hydrogens is 677 g/mol. The molecule has 56 heavy (non-hydrogen) atoms. The first-order valence-corrected chi connectivity index (χ1v) is 19.2. The average Bonchev–Trinajstić information content (AvgIpc) is 3.62. The molecule has 0 saturated carbocycles. The Morgan fingerprint density at radius 2 is 0.750 bits per heavy atom. The Labute approximate surface area is 327 Å². The standard InChI is InChI=1S/C54H38N2/c1-4-17-39(18-5-1)41-31-33-45(34-32-41)55(44-23-8-3-9-24-44)46-35-36-47(51(38-46)43-22-16-21-42(37-43)40-19-6-2-7-20-40)48-25-10-13-28-52(48)56-53-29-14-11-26-49(53)50-27-12-15-30-54(50)56/h1-38H. The molecule has 2 nitrogen and oxygen atoms in total. The number of rotatable bonds is 8. The first-order valence-electron chi connectivity index (χ1n) is 19.2. The molecule has 9 aromatic carbocycles. The number of hydrogen-bond donors (Lipinski definition) is 0. The highest BCUT2D eigenvalue weighted by Crippen LogP contribution is 2.44. The molecule has 10 aromatic rings. The van der Waals surface area contributed by atoms with Gasteiger partial charge in [-0.15, -0.1) is 0 Å². The van der Waals surface area contributed by atoms with Crippen molar-refractivity contribution in [2.45, 2.75) is 0 Å². The Hall–Kier alpha value is -7.42. The van der Waals surface area contributed by atoms with E-state index < -0.39 is 0 Å². The third-order valence-electron chi connectivity index (χ3n) is 10.8. The number of nitrogens with zero attached hydrogens (tertiary/aromatic N) is 2. The molecule has 1 heterocycles. The molecule has 1 aromatic heterocycles. The Balaban J connectivity index is 1.20. The number of para-hydroxylation sites is 4. The first-order chi connectivity index (χ1) is 27.8. The van der Waals surface area contributed by atoms with Crippen molar-refractivity contribution in [1.82, 2.24) is 4.57 Å². The molecule has 0 bridgehead atoms. The number of anilines is 3. The summed E-state index contributed by atoms with van der Waals surface area (Å²) in [5.74, 6) is 0. The van der Waals surface area contributed by atoms with E-state index >= 15 is 0 Å². The molecule has 0 aliphatic rings. The van der Waals surface area contributed by atoms with Crippen LogP contribution >= 0.6 is 0 Å². The SMILES string of the molecule is c1ccc(-c2ccc(N(c3ccccc3)c3ccc(-c4ccccc4-n4c5ccccc5c5ccccc54)c(-c4cccc(-c5ccccc5)c4)c3)cc2)cc1. The molecule has 0 radical (unpaired) electrons. The van der Waals surface area contributed by atoms with Gasteiger partial charge in [-0.05, 0) is 99.6 Å². The minimum atomic E-state index is 1.09. The van der Waals surface area contributed by atoms with Crippen molar-refractivity contribution in [3.63, 3.8) is 0 Å². The van der Waals surface area contributed by atoms with Crippen molar-refractivity contribution < 1.29 is 0 Å². The van der Waals surface area contributed by atoms with E-state index in [1.54, 1.807) is 0 Å². The van der Waals surface area contributed by atoms with Crippen LogP contribution in [0.5, 0.6) is 0 Å². The second-order valence-electron chi connectivity index (χ2n) is 14.1. The predicted molar refractivity (Wildman–Crippen MR) is 237 cm³/mol. The van der Waals surface area contributed by atoms with E-state index in [0.717, 1.165) is 33.9 Å². The van der Waals surface area contributed by atoms with Gasteiger partial charge in [-0.2, -0.15) is 0 Å². The maximum absolute atomic E-state index is 2.43. The van der Waals surface area contributed by atoms with Crippen LogP contribution in [0.1, 0.15) is 0 Å². The summed E-state index contributed by atoms with van der Waals surface area (Å²) >= 11 is 0. The van der Waals surface area contributed by atoms with Crippen LogP contribution in [0.25, 0.3) is 72.0 Å². The largest absolute Gasteiger partial charge is 0.310 e. The highest BCUT2D eigenvalue weighted by molar-refractivity contribution is 6.10. The fourth-order valence-electron chi connectivity index (χ4n) is 8.18. The molecule has 0 spiro atoms. The molecule has 0 aliphatic heterocycles. The van der Waals surface area contributed by atoms with E-state index in [1.807, 2.05) is 0 Å². The van der Waals surface area contributed by atoms with Gasteiger partial charge < -0.3 is 9.47 Å². The van der Waals surface area contributed by atoms with Gasteiger partial charge in [0.2, 0.25) is 0 Å². The number of fused-ring (bicyclic) bond motifs is 3. The third kappa shape index (κ3) is 6.04. The van der Waals surface area contributed by atoms with Crippen LogP contribution in [-0.2, 0) is 0 Å². The fourth-order valence-corrected chi connectivity index (χ4v) is 8.18. The van der Waals surface area contributed by atoms with Gasteiger partial charge in [0.15, 0.2) is 0 Å². The summed E-state index contributed by atoms with van der Waals surface area (Å²) in [6.45, 7) is 0. The molecule has 0 N–H and O–H groups in total. The van der Waals surface area contributed by atoms with Crippen molar-refractivity contribution in [3.05, 3.63) is 231 Å². The fraction of sp³-hybridized carbons (Fsp3) is 0. The summed E-state index contributed by atoms with van der Waals surface area (Å²) in [6.07, 6.45) is 0. The van der Waals surface area contributed by atoms with Gasteiger partial charge in [0.1, 0.15) is 0 Å². The third-order valence-corrected chi connectivity index (χ3v) is 10.8. The zero-order valence-electron chi connectivity index (χ0n) is 30.8. The smallest absolute Gasteiger partial charge is 0.0541 e. The van der Waals surface area contributed by atoms with Crippen LogP contribution in [-0.4, -0.2) is 4.57 Å². The van der Waals surface area contributed by atoms with Gasteiger partial charge in [-0.3, -0.25) is 0 Å². The van der Waals surface area contributed by atoms with Crippen molar-refractivity contribution in [1.29, 1.82) is 0 Å². The summed E-state index contributed by atoms with van der Waals surface area (Å²) < 4.78 is 2.43. The van der Waals surface area contributed by atoms with Gasteiger partial charge in [-0.25, -0.2) is 0 Å². The second-order valence-corrected chi connectivity index (χ2v) is 14.1. The second kappa shape index (κ2) is 14.4. The topological polar surface area (TPSA) is 8.17 Å². The summed E-state index contributed by atoms with van der Waals surface area (Å²) in [4.78, 5) is 2.36. The van der Waals surface area contributed by atoms with E-state index in [4.69, 9.17) is 0 Å². The van der Waals surface area contributed by atoms with Gasteiger partial charge in [0.05, 0.1) is 16.7 Å². The normalized spacial score (nSPS) is 11.2. The molecule has 0 amide bonds. The minimum Gasteiger partial charge on any atom is -0.310 e. The van der Waals surface area contributed by atoms with Crippen LogP contribution in [0.4, 0.5) is 17.1 Å². The number of hydrogen-bond acceptors (Lipinski definition) is 1. The highest BCUT2D eigenvalue weighted by atomic mass is 15.1. The van der Waals surface area contributed by atoms with Gasteiger partial charge in [-0.1, -0.05) is 170 Å². The monoisotopic (exact) mass is 714 g/mol. The molecule has 0 fully saturated rings. The summed E-state index contributed by atoms with van der Waals surface area (Å²) in [7, 11) is 0. The molecule has 0 aliphatic carbocycles. The summed E-state index contributed by atoms with van der Waals surface area (Å²) in [5.41, 5.74) is 16.3. The lowest BCUT2D eigenvalue weighted by molar-refractivity contribution is 1.18. The molecule has 0 unspecified atom stereocenters. The Bertz CT molecular complexity index is 2890. The predicted octanol–water partition coefficient (Wildman–Crippen LogP) is 14.9. The van der Waals surface area contributed by atoms with E-state index in [1.165, 1.54) is 55.2 Å². The zero-order chi connectivity index (χ0) is 37.3. The Kier molecular flexibility index (Phi) is 8.55. The maximum Gasteiger partial charge on any atom is 0.0541 e. The molecule has 0 saturated heterocycles. The van der Waals surface area contributed by atoms with E-state index in [-0.39, 0.29) is 0 Å². The summed E-state index contributed by atoms with van der Waals surface area (Å²) in [5, 5.41) is 2.50. The van der Waals surface area contributed by atoms with Crippen LogP contribution in [0.2, 0.25) is 0 Å². The van der Waals surface area contributed by atoms with E-state index in [9.17, 15) is 0 Å². The lowest BCUT2D eigenvalue weighted by Gasteiger charge is -2.27. The molecule has 2 heteroatoms. The van der Waals surface area contributed by atoms with Gasteiger partial charge in [0, 0.05) is 33.4 Å². The quantitative estimate of drug-likeness (QED) is 0.152. The minimum absolute atomic E-state index is 1.09. The Morgan fingerprint density at radius 3 is 1.43 bits per heavy atom. The molecule has 0 atom stereocenters. The van der Waals surface area contributed by atoms with Crippen LogP contribution in [0.3, 0.4) is 0 Å². The van der Waals surface area contributed by atoms with Crippen molar-refractivity contribution >= 4 is 38.9 Å². The number of aromatic nitrogens is 1. The van der Waals surface area contributed by atoms with E-state index in [2.05, 4.69) is 240 Å². The van der Waals surface area contributed by atoms with Crippen LogP contribution in [0, 0.1) is 0 Å². The molecule has 10 rings (SSSR count). The van der Waals surface area contributed by atoms with Crippen LogP contribution < -0.4 is 4.90 Å². The van der Waals surface area contributed by atoms with Crippen molar-refractivity contribution in [3.8, 4) is 50.2 Å². The van der Waals surface area contributed by atoms with Gasteiger partial charge >= 0.3 is 0 Å². The van der Waals surface area contributed by atoms with Gasteiger partial charge in [0.25, 0.3) is 0 Å². The van der Waals surface area contributed by atoms with Crippen LogP contribution in [0.15, 0.2) is 231 Å². The highest BCUT2D eigenvalue weighted by Gasteiger charge is 2.20. The lowest BCUT2D eigenvalue weighted by Crippen LogP contribution is -2.10. The Morgan fingerprint density at radius 1 is 0.268 bits per heavy atom. The lowest BCUT2D eigenvalue weighted by atomic mass is 9.91. The molecular formula is C54H38N2. The van der Waals surface area contributed by atoms with Crippen molar-refractivity contribution in [2.24, 2.45) is 0 Å². The van der Waals surface area contributed by atoms with E-state index in [0.29, 0.717) is 0 Å². The summed E-state index contributed by atoms with van der Waals surface area (Å²) in [6, 6.07) is 83.1. The number of benzene rings is 9. The maximum atomic E-state index is 2.43. The van der Waals surface area contributed by atoms with Crippen molar-refractivity contribution in [2.75, 3.05) is 4.90 Å². The average molecular weight is 715 g/mol. The molecule has 264 valence electrons. The first kappa shape index (κ1) is 33.2.